The maximum Gasteiger partial charge on any atom is 0.307 e. The Balaban J connectivity index is 1.76. The zero-order valence-corrected chi connectivity index (χ0v) is 12.3. The van der Waals surface area contributed by atoms with E-state index in [1.165, 1.54) is 5.56 Å². The number of aryl methyl sites for hydroxylation is 1. The Bertz CT molecular complexity index is 552. The summed E-state index contributed by atoms with van der Waals surface area (Å²) in [7, 11) is 0. The number of benzene rings is 1. The van der Waals surface area contributed by atoms with E-state index in [1.54, 1.807) is 0 Å². The van der Waals surface area contributed by atoms with Crippen LogP contribution in [-0.4, -0.2) is 28.4 Å². The van der Waals surface area contributed by atoms with Crippen molar-refractivity contribution < 1.29 is 14.7 Å². The number of carbonyl (C=O) groups excluding carboxylic acids is 1. The number of likely N-dealkylation sites (tertiary alicyclic amines) is 1. The Hall–Kier alpha value is -1.84. The zero-order valence-electron chi connectivity index (χ0n) is 12.3. The summed E-state index contributed by atoms with van der Waals surface area (Å²) in [6, 6.07) is 8.43. The van der Waals surface area contributed by atoms with Crippen molar-refractivity contribution in [1.82, 2.24) is 4.90 Å². The highest BCUT2D eigenvalue weighted by Crippen LogP contribution is 2.40. The van der Waals surface area contributed by atoms with E-state index < -0.39 is 11.9 Å². The molecule has 1 aliphatic heterocycles. The van der Waals surface area contributed by atoms with Crippen LogP contribution in [0.15, 0.2) is 24.3 Å². The molecule has 3 rings (SSSR count). The van der Waals surface area contributed by atoms with E-state index in [9.17, 15) is 9.59 Å². The number of carboxylic acid groups (broad SMARTS) is 1. The first kappa shape index (κ1) is 14.1. The molecule has 1 aromatic carbocycles. The number of amides is 1. The Morgan fingerprint density at radius 3 is 2.33 bits per heavy atom. The molecule has 3 atom stereocenters. The summed E-state index contributed by atoms with van der Waals surface area (Å²) in [5, 5.41) is 9.14. The van der Waals surface area contributed by atoms with Gasteiger partial charge in [-0.1, -0.05) is 29.8 Å². The molecule has 4 nitrogen and oxygen atoms in total. The molecule has 2 aliphatic rings. The molecule has 0 aromatic heterocycles. The average molecular weight is 287 g/mol. The lowest BCUT2D eigenvalue weighted by Crippen LogP contribution is -2.45. The van der Waals surface area contributed by atoms with Crippen LogP contribution in [0.1, 0.15) is 42.9 Å². The third kappa shape index (κ3) is 2.55. The molecular formula is C17H21NO3. The summed E-state index contributed by atoms with van der Waals surface area (Å²) in [6.45, 7) is 2.80. The maximum atomic E-state index is 12.7. The molecule has 1 aliphatic carbocycles. The first-order chi connectivity index (χ1) is 10.1. The third-order valence-electron chi connectivity index (χ3n) is 4.91. The van der Waals surface area contributed by atoms with Gasteiger partial charge in [-0.2, -0.15) is 0 Å². The van der Waals surface area contributed by atoms with Crippen LogP contribution in [0.4, 0.5) is 0 Å². The number of aliphatic carboxylic acids is 1. The van der Waals surface area contributed by atoms with Crippen LogP contribution >= 0.6 is 0 Å². The summed E-state index contributed by atoms with van der Waals surface area (Å²) < 4.78 is 0. The zero-order chi connectivity index (χ0) is 15.0. The second kappa shape index (κ2) is 5.51. The second-order valence-electron chi connectivity index (χ2n) is 6.23. The van der Waals surface area contributed by atoms with Crippen molar-refractivity contribution in [2.24, 2.45) is 11.8 Å². The monoisotopic (exact) mass is 287 g/mol. The van der Waals surface area contributed by atoms with Crippen molar-refractivity contribution in [3.05, 3.63) is 35.4 Å². The van der Waals surface area contributed by atoms with E-state index in [0.717, 1.165) is 24.9 Å². The van der Waals surface area contributed by atoms with Gasteiger partial charge in [0.2, 0.25) is 5.91 Å². The molecule has 0 radical (unpaired) electrons. The van der Waals surface area contributed by atoms with Crippen molar-refractivity contribution in [3.8, 4) is 0 Å². The molecule has 112 valence electrons. The Labute approximate surface area is 124 Å². The topological polar surface area (TPSA) is 57.6 Å². The maximum absolute atomic E-state index is 12.7. The van der Waals surface area contributed by atoms with Gasteiger partial charge in [-0.15, -0.1) is 0 Å². The van der Waals surface area contributed by atoms with Crippen LogP contribution in [0.25, 0.3) is 0 Å². The van der Waals surface area contributed by atoms with Gasteiger partial charge in [-0.25, -0.2) is 0 Å². The third-order valence-corrected chi connectivity index (χ3v) is 4.91. The van der Waals surface area contributed by atoms with Crippen molar-refractivity contribution in [2.75, 3.05) is 6.54 Å². The standard InChI is InChI=1S/C17H21NO3/c1-11-4-6-12(7-5-11)15-3-2-10-18(15)16(19)13-8-9-14(13)17(20)21/h4-7,13-15H,2-3,8-10H2,1H3,(H,20,21). The largest absolute Gasteiger partial charge is 0.481 e. The number of hydrogen-bond acceptors (Lipinski definition) is 2. The van der Waals surface area contributed by atoms with Gasteiger partial charge >= 0.3 is 5.97 Å². The SMILES string of the molecule is Cc1ccc(C2CCCN2C(=O)C2CCC2C(=O)O)cc1. The fourth-order valence-corrected chi connectivity index (χ4v) is 3.47. The second-order valence-corrected chi connectivity index (χ2v) is 6.23. The van der Waals surface area contributed by atoms with Crippen molar-refractivity contribution in [1.29, 1.82) is 0 Å². The number of carboxylic acids is 1. The first-order valence-corrected chi connectivity index (χ1v) is 7.68. The molecule has 2 fully saturated rings. The normalized spacial score (nSPS) is 28.2. The van der Waals surface area contributed by atoms with Gasteiger partial charge in [0.15, 0.2) is 0 Å². The highest BCUT2D eigenvalue weighted by molar-refractivity contribution is 5.86. The number of nitrogens with zero attached hydrogens (tertiary/aromatic N) is 1. The van der Waals surface area contributed by atoms with Crippen molar-refractivity contribution in [3.63, 3.8) is 0 Å². The highest BCUT2D eigenvalue weighted by atomic mass is 16.4. The van der Waals surface area contributed by atoms with Crippen molar-refractivity contribution >= 4 is 11.9 Å². The minimum Gasteiger partial charge on any atom is -0.481 e. The van der Waals surface area contributed by atoms with Gasteiger partial charge in [-0.3, -0.25) is 9.59 Å². The van der Waals surface area contributed by atoms with Crippen LogP contribution in [0.5, 0.6) is 0 Å². The lowest BCUT2D eigenvalue weighted by atomic mass is 9.72. The molecule has 1 heterocycles. The lowest BCUT2D eigenvalue weighted by Gasteiger charge is -2.37. The average Bonchev–Trinajstić information content (AvgIpc) is 2.86. The van der Waals surface area contributed by atoms with Crippen LogP contribution in [0, 0.1) is 18.8 Å². The van der Waals surface area contributed by atoms with Crippen LogP contribution < -0.4 is 0 Å². The summed E-state index contributed by atoms with van der Waals surface area (Å²) in [5.74, 6) is -1.58. The van der Waals surface area contributed by atoms with E-state index in [2.05, 4.69) is 24.3 Å². The molecule has 4 heteroatoms. The molecular weight excluding hydrogens is 266 g/mol. The lowest BCUT2D eigenvalue weighted by molar-refractivity contribution is -0.157. The molecule has 1 saturated heterocycles. The minimum atomic E-state index is -0.828. The molecule has 1 amide bonds. The summed E-state index contributed by atoms with van der Waals surface area (Å²) in [4.78, 5) is 25.7. The summed E-state index contributed by atoms with van der Waals surface area (Å²) in [5.41, 5.74) is 2.37. The fourth-order valence-electron chi connectivity index (χ4n) is 3.47. The van der Waals surface area contributed by atoms with Gasteiger partial charge in [0.1, 0.15) is 0 Å². The quantitative estimate of drug-likeness (QED) is 0.930. The van der Waals surface area contributed by atoms with E-state index in [4.69, 9.17) is 5.11 Å². The van der Waals surface area contributed by atoms with Crippen LogP contribution in [0.2, 0.25) is 0 Å². The number of rotatable bonds is 3. The Morgan fingerprint density at radius 1 is 1.10 bits per heavy atom. The first-order valence-electron chi connectivity index (χ1n) is 7.68. The van der Waals surface area contributed by atoms with E-state index in [1.807, 2.05) is 11.8 Å². The van der Waals surface area contributed by atoms with E-state index >= 15 is 0 Å². The molecule has 1 N–H and O–H groups in total. The van der Waals surface area contributed by atoms with Gasteiger partial charge in [-0.05, 0) is 38.2 Å². The van der Waals surface area contributed by atoms with Gasteiger partial charge in [0.05, 0.1) is 17.9 Å². The highest BCUT2D eigenvalue weighted by Gasteiger charge is 2.45. The number of hydrogen-bond donors (Lipinski definition) is 1. The van der Waals surface area contributed by atoms with Gasteiger partial charge in [0, 0.05) is 6.54 Å². The predicted molar refractivity (Wildman–Crippen MR) is 78.7 cm³/mol. The fraction of sp³-hybridized carbons (Fsp3) is 0.529. The van der Waals surface area contributed by atoms with Gasteiger partial charge < -0.3 is 10.0 Å². The molecule has 3 unspecified atom stereocenters. The molecule has 21 heavy (non-hydrogen) atoms. The van der Waals surface area contributed by atoms with Crippen LogP contribution in [-0.2, 0) is 9.59 Å². The Kier molecular flexibility index (Phi) is 3.70. The summed E-state index contributed by atoms with van der Waals surface area (Å²) >= 11 is 0. The smallest absolute Gasteiger partial charge is 0.307 e. The van der Waals surface area contributed by atoms with Gasteiger partial charge in [0.25, 0.3) is 0 Å². The van der Waals surface area contributed by atoms with Crippen molar-refractivity contribution in [2.45, 2.75) is 38.6 Å². The predicted octanol–water partition coefficient (Wildman–Crippen LogP) is 2.77. The Morgan fingerprint density at radius 2 is 1.76 bits per heavy atom. The molecule has 0 spiro atoms. The minimum absolute atomic E-state index is 0.0386. The van der Waals surface area contributed by atoms with E-state index in [-0.39, 0.29) is 17.9 Å². The molecule has 1 aromatic rings. The van der Waals surface area contributed by atoms with Crippen LogP contribution in [0.3, 0.4) is 0 Å². The summed E-state index contributed by atoms with van der Waals surface area (Å²) in [6.07, 6.45) is 3.32. The number of carbonyl (C=O) groups is 2. The molecule has 0 bridgehead atoms. The van der Waals surface area contributed by atoms with E-state index in [0.29, 0.717) is 12.8 Å². The molecule has 1 saturated carbocycles.